The van der Waals surface area contributed by atoms with Crippen LogP contribution in [0.4, 0.5) is 0 Å². The summed E-state index contributed by atoms with van der Waals surface area (Å²) >= 11 is 0. The summed E-state index contributed by atoms with van der Waals surface area (Å²) in [6.45, 7) is 2.85. The highest BCUT2D eigenvalue weighted by Gasteiger charge is 2.39. The van der Waals surface area contributed by atoms with E-state index in [4.69, 9.17) is 4.74 Å². The van der Waals surface area contributed by atoms with Crippen LogP contribution in [0.15, 0.2) is 0 Å². The van der Waals surface area contributed by atoms with Crippen LogP contribution in [0.3, 0.4) is 0 Å². The Morgan fingerprint density at radius 3 is 2.55 bits per heavy atom. The minimum absolute atomic E-state index is 0.0506. The molecular weight excluding hydrogens is 282 g/mol. The Morgan fingerprint density at radius 2 is 2.00 bits per heavy atom. The highest BCUT2D eigenvalue weighted by atomic mass is 32.2. The minimum atomic E-state index is -2.95. The number of nitrogens with zero attached hydrogens (tertiary/aromatic N) is 1. The van der Waals surface area contributed by atoms with E-state index in [1.165, 1.54) is 7.11 Å². The number of hydrogen-bond acceptors (Lipinski definition) is 5. The van der Waals surface area contributed by atoms with Crippen molar-refractivity contribution < 1.29 is 22.7 Å². The molecule has 3 unspecified atom stereocenters. The Bertz CT molecular complexity index is 501. The van der Waals surface area contributed by atoms with Gasteiger partial charge in [0.05, 0.1) is 24.5 Å². The Labute approximate surface area is 119 Å². The number of carbonyl (C=O) groups excluding carboxylic acids is 2. The molecule has 0 radical (unpaired) electrons. The molecular formula is C13H21NO5S. The van der Waals surface area contributed by atoms with Gasteiger partial charge in [0.1, 0.15) is 0 Å². The van der Waals surface area contributed by atoms with Crippen LogP contribution in [0.25, 0.3) is 0 Å². The molecule has 0 saturated carbocycles. The van der Waals surface area contributed by atoms with Gasteiger partial charge in [-0.05, 0) is 18.3 Å². The number of rotatable bonds is 3. The van der Waals surface area contributed by atoms with E-state index in [1.54, 1.807) is 4.90 Å². The lowest BCUT2D eigenvalue weighted by molar-refractivity contribution is -0.146. The molecule has 1 amide bonds. The molecule has 6 nitrogen and oxygen atoms in total. The molecule has 0 bridgehead atoms. The maximum Gasteiger partial charge on any atom is 0.310 e. The predicted octanol–water partition coefficient (Wildman–Crippen LogP) is 0.0787. The normalized spacial score (nSPS) is 32.3. The van der Waals surface area contributed by atoms with E-state index < -0.39 is 9.84 Å². The van der Waals surface area contributed by atoms with Crippen LogP contribution in [0.1, 0.15) is 19.8 Å². The SMILES string of the molecule is COC(=O)C1CN(C(=O)CC2CCS(=O)(=O)C2)CC1C. The zero-order chi connectivity index (χ0) is 14.9. The summed E-state index contributed by atoms with van der Waals surface area (Å²) in [6.07, 6.45) is 0.831. The number of carbonyl (C=O) groups is 2. The highest BCUT2D eigenvalue weighted by Crippen LogP contribution is 2.27. The quantitative estimate of drug-likeness (QED) is 0.690. The second-order valence-corrected chi connectivity index (χ2v) is 8.11. The van der Waals surface area contributed by atoms with Crippen molar-refractivity contribution in [3.63, 3.8) is 0 Å². The molecule has 0 aliphatic carbocycles. The highest BCUT2D eigenvalue weighted by molar-refractivity contribution is 7.91. The monoisotopic (exact) mass is 303 g/mol. The molecule has 0 N–H and O–H groups in total. The molecule has 0 aromatic rings. The number of methoxy groups -OCH3 is 1. The third kappa shape index (κ3) is 3.31. The lowest BCUT2D eigenvalue weighted by atomic mass is 9.99. The van der Waals surface area contributed by atoms with Crippen molar-refractivity contribution >= 4 is 21.7 Å². The lowest BCUT2D eigenvalue weighted by Gasteiger charge is -2.18. The smallest absolute Gasteiger partial charge is 0.310 e. The average molecular weight is 303 g/mol. The van der Waals surface area contributed by atoms with Crippen LogP contribution in [0.5, 0.6) is 0 Å². The lowest BCUT2D eigenvalue weighted by Crippen LogP contribution is -2.31. The van der Waals surface area contributed by atoms with Gasteiger partial charge in [-0.2, -0.15) is 0 Å². The Hall–Kier alpha value is -1.11. The molecule has 2 heterocycles. The van der Waals surface area contributed by atoms with Gasteiger partial charge < -0.3 is 9.64 Å². The van der Waals surface area contributed by atoms with E-state index in [9.17, 15) is 18.0 Å². The molecule has 2 rings (SSSR count). The molecule has 2 saturated heterocycles. The minimum Gasteiger partial charge on any atom is -0.469 e. The third-order valence-corrected chi connectivity index (χ3v) is 6.10. The number of likely N-dealkylation sites (tertiary alicyclic amines) is 1. The van der Waals surface area contributed by atoms with Crippen molar-refractivity contribution in [1.29, 1.82) is 0 Å². The first-order valence-corrected chi connectivity index (χ1v) is 8.70. The first-order valence-electron chi connectivity index (χ1n) is 6.88. The zero-order valence-electron chi connectivity index (χ0n) is 11.9. The first-order chi connectivity index (χ1) is 9.32. The van der Waals surface area contributed by atoms with Crippen LogP contribution >= 0.6 is 0 Å². The molecule has 0 aromatic carbocycles. The molecule has 2 aliphatic heterocycles. The average Bonchev–Trinajstić information content (AvgIpc) is 2.91. The van der Waals surface area contributed by atoms with E-state index in [-0.39, 0.29) is 47.6 Å². The van der Waals surface area contributed by atoms with Crippen molar-refractivity contribution in [3.8, 4) is 0 Å². The summed E-state index contributed by atoms with van der Waals surface area (Å²) in [7, 11) is -1.60. The number of hydrogen-bond donors (Lipinski definition) is 0. The molecule has 0 spiro atoms. The number of amides is 1. The second kappa shape index (κ2) is 5.71. The summed E-state index contributed by atoms with van der Waals surface area (Å²) in [6, 6.07) is 0. The predicted molar refractivity (Wildman–Crippen MR) is 72.6 cm³/mol. The summed E-state index contributed by atoms with van der Waals surface area (Å²) < 4.78 is 27.5. The summed E-state index contributed by atoms with van der Waals surface area (Å²) in [5, 5.41) is 0. The molecule has 2 aliphatic rings. The standard InChI is InChI=1S/C13H21NO5S/c1-9-6-14(7-11(9)13(16)19-2)12(15)5-10-3-4-20(17,18)8-10/h9-11H,3-8H2,1-2H3. The maximum atomic E-state index is 12.2. The van der Waals surface area contributed by atoms with E-state index in [2.05, 4.69) is 0 Å². The first kappa shape index (κ1) is 15.3. The maximum absolute atomic E-state index is 12.2. The van der Waals surface area contributed by atoms with Gasteiger partial charge in [0.25, 0.3) is 0 Å². The van der Waals surface area contributed by atoms with Gasteiger partial charge in [-0.1, -0.05) is 6.92 Å². The second-order valence-electron chi connectivity index (χ2n) is 5.88. The van der Waals surface area contributed by atoms with Crippen LogP contribution < -0.4 is 0 Å². The van der Waals surface area contributed by atoms with E-state index in [0.717, 1.165) is 0 Å². The fraction of sp³-hybridized carbons (Fsp3) is 0.846. The van der Waals surface area contributed by atoms with Gasteiger partial charge >= 0.3 is 5.97 Å². The van der Waals surface area contributed by atoms with Crippen molar-refractivity contribution in [1.82, 2.24) is 4.90 Å². The van der Waals surface area contributed by atoms with Gasteiger partial charge in [0.2, 0.25) is 5.91 Å². The molecule has 0 aromatic heterocycles. The van der Waals surface area contributed by atoms with Gasteiger partial charge in [0, 0.05) is 19.5 Å². The van der Waals surface area contributed by atoms with Crippen molar-refractivity contribution in [2.45, 2.75) is 19.8 Å². The van der Waals surface area contributed by atoms with Gasteiger partial charge in [-0.15, -0.1) is 0 Å². The van der Waals surface area contributed by atoms with Crippen LogP contribution in [0, 0.1) is 17.8 Å². The third-order valence-electron chi connectivity index (χ3n) is 4.26. The largest absolute Gasteiger partial charge is 0.469 e. The summed E-state index contributed by atoms with van der Waals surface area (Å²) in [4.78, 5) is 25.4. The van der Waals surface area contributed by atoms with E-state index >= 15 is 0 Å². The number of esters is 1. The topological polar surface area (TPSA) is 80.8 Å². The van der Waals surface area contributed by atoms with Crippen LogP contribution in [-0.4, -0.2) is 56.9 Å². The van der Waals surface area contributed by atoms with Crippen LogP contribution in [-0.2, 0) is 24.2 Å². The van der Waals surface area contributed by atoms with E-state index in [1.807, 2.05) is 6.92 Å². The molecule has 7 heteroatoms. The van der Waals surface area contributed by atoms with Gasteiger partial charge in [-0.3, -0.25) is 9.59 Å². The molecule has 114 valence electrons. The fourth-order valence-electron chi connectivity index (χ4n) is 3.04. The van der Waals surface area contributed by atoms with E-state index in [0.29, 0.717) is 19.5 Å². The summed E-state index contributed by atoms with van der Waals surface area (Å²) in [5.74, 6) is -0.286. The Morgan fingerprint density at radius 1 is 1.30 bits per heavy atom. The van der Waals surface area contributed by atoms with Crippen LogP contribution in [0.2, 0.25) is 0 Å². The number of sulfone groups is 1. The summed E-state index contributed by atoms with van der Waals surface area (Å²) in [5.41, 5.74) is 0. The zero-order valence-corrected chi connectivity index (χ0v) is 12.7. The number of ether oxygens (including phenoxy) is 1. The molecule has 2 fully saturated rings. The van der Waals surface area contributed by atoms with Gasteiger partial charge in [-0.25, -0.2) is 8.42 Å². The van der Waals surface area contributed by atoms with Crippen molar-refractivity contribution in [3.05, 3.63) is 0 Å². The van der Waals surface area contributed by atoms with Gasteiger partial charge in [0.15, 0.2) is 9.84 Å². The Balaban J connectivity index is 1.90. The molecule has 20 heavy (non-hydrogen) atoms. The molecule has 3 atom stereocenters. The van der Waals surface area contributed by atoms with Crippen molar-refractivity contribution in [2.75, 3.05) is 31.7 Å². The van der Waals surface area contributed by atoms with Crippen molar-refractivity contribution in [2.24, 2.45) is 17.8 Å². The fourth-order valence-corrected chi connectivity index (χ4v) is 4.90. The Kier molecular flexibility index (Phi) is 4.36.